The van der Waals surface area contributed by atoms with Gasteiger partial charge in [0.05, 0.1) is 11.6 Å². The third-order valence-corrected chi connectivity index (χ3v) is 3.54. The van der Waals surface area contributed by atoms with Crippen molar-refractivity contribution in [2.75, 3.05) is 11.9 Å². The van der Waals surface area contributed by atoms with Gasteiger partial charge in [0.25, 0.3) is 0 Å². The molecule has 0 unspecified atom stereocenters. The second-order valence-electron chi connectivity index (χ2n) is 4.46. The Morgan fingerprint density at radius 2 is 2.19 bits per heavy atom. The van der Waals surface area contributed by atoms with Crippen LogP contribution in [-0.2, 0) is 0 Å². The molecule has 1 aromatic heterocycles. The maximum Gasteiger partial charge on any atom is 0.238 e. The maximum absolute atomic E-state index is 8.96. The molecule has 0 atom stereocenters. The number of aromatic nitrogens is 2. The minimum atomic E-state index is 0.418. The van der Waals surface area contributed by atoms with Crippen LogP contribution in [0.4, 0.5) is 5.82 Å². The number of aryl methyl sites for hydroxylation is 1. The normalized spacial score (nSPS) is 10.0. The van der Waals surface area contributed by atoms with Gasteiger partial charge >= 0.3 is 0 Å². The fourth-order valence-electron chi connectivity index (χ4n) is 1.68. The molecule has 0 aliphatic rings. The smallest absolute Gasteiger partial charge is 0.238 e. The van der Waals surface area contributed by atoms with Gasteiger partial charge in [-0.15, -0.1) is 0 Å². The van der Waals surface area contributed by atoms with Crippen LogP contribution >= 0.6 is 15.9 Å². The van der Waals surface area contributed by atoms with E-state index in [2.05, 4.69) is 44.2 Å². The van der Waals surface area contributed by atoms with Gasteiger partial charge in [0.15, 0.2) is 0 Å². The van der Waals surface area contributed by atoms with Crippen molar-refractivity contribution in [3.63, 3.8) is 0 Å². The highest BCUT2D eigenvalue weighted by Gasteiger charge is 2.12. The Kier molecular flexibility index (Phi) is 5.12. The van der Waals surface area contributed by atoms with Crippen LogP contribution in [0.5, 0.6) is 11.6 Å². The van der Waals surface area contributed by atoms with Gasteiger partial charge < -0.3 is 10.1 Å². The minimum Gasteiger partial charge on any atom is -0.437 e. The largest absolute Gasteiger partial charge is 0.437 e. The summed E-state index contributed by atoms with van der Waals surface area (Å²) in [5.74, 6) is 1.72. The number of rotatable bonds is 5. The van der Waals surface area contributed by atoms with Crippen LogP contribution in [0.1, 0.15) is 24.5 Å². The highest BCUT2D eigenvalue weighted by molar-refractivity contribution is 9.10. The molecule has 1 N–H and O–H groups in total. The Labute approximate surface area is 132 Å². The number of nitrogens with one attached hydrogen (secondary N) is 1. The average molecular weight is 347 g/mol. The van der Waals surface area contributed by atoms with Crippen LogP contribution in [0.2, 0.25) is 0 Å². The molecular formula is C15H15BrN4O. The van der Waals surface area contributed by atoms with E-state index < -0.39 is 0 Å². The highest BCUT2D eigenvalue weighted by atomic mass is 79.9. The van der Waals surface area contributed by atoms with E-state index in [-0.39, 0.29) is 0 Å². The van der Waals surface area contributed by atoms with Crippen molar-refractivity contribution in [2.24, 2.45) is 0 Å². The Bertz CT molecular complexity index is 682. The monoisotopic (exact) mass is 346 g/mol. The number of halogens is 1. The third-order valence-electron chi connectivity index (χ3n) is 2.82. The number of nitrogens with zero attached hydrogens (tertiary/aromatic N) is 3. The Morgan fingerprint density at radius 3 is 2.90 bits per heavy atom. The lowest BCUT2D eigenvalue weighted by molar-refractivity contribution is 0.455. The molecule has 0 aliphatic heterocycles. The van der Waals surface area contributed by atoms with Gasteiger partial charge in [0, 0.05) is 6.54 Å². The molecule has 5 nitrogen and oxygen atoms in total. The summed E-state index contributed by atoms with van der Waals surface area (Å²) < 4.78 is 6.48. The van der Waals surface area contributed by atoms with Crippen molar-refractivity contribution in [1.82, 2.24) is 9.97 Å². The van der Waals surface area contributed by atoms with E-state index in [4.69, 9.17) is 10.00 Å². The molecule has 0 saturated heterocycles. The molecule has 0 radical (unpaired) electrons. The summed E-state index contributed by atoms with van der Waals surface area (Å²) in [5, 5.41) is 12.2. The van der Waals surface area contributed by atoms with E-state index in [0.717, 1.165) is 18.5 Å². The van der Waals surface area contributed by atoms with Gasteiger partial charge in [0.2, 0.25) is 5.88 Å². The summed E-state index contributed by atoms with van der Waals surface area (Å²) >= 11 is 3.45. The second-order valence-corrected chi connectivity index (χ2v) is 5.26. The first-order valence-corrected chi connectivity index (χ1v) is 7.38. The standard InChI is InChI=1S/C15H15BrN4O/c1-3-6-18-14-13(16)15(20-9-19-14)21-12-7-11(8-17)5-4-10(12)2/h4-5,7,9H,3,6H2,1-2H3,(H,18,19,20). The topological polar surface area (TPSA) is 70.8 Å². The molecule has 1 heterocycles. The lowest BCUT2D eigenvalue weighted by atomic mass is 10.1. The van der Waals surface area contributed by atoms with Gasteiger partial charge in [-0.1, -0.05) is 13.0 Å². The van der Waals surface area contributed by atoms with Crippen LogP contribution < -0.4 is 10.1 Å². The van der Waals surface area contributed by atoms with Crippen LogP contribution in [0.15, 0.2) is 29.0 Å². The molecule has 6 heteroatoms. The number of anilines is 1. The van der Waals surface area contributed by atoms with Crippen molar-refractivity contribution in [1.29, 1.82) is 5.26 Å². The lowest BCUT2D eigenvalue weighted by Crippen LogP contribution is -2.04. The highest BCUT2D eigenvalue weighted by Crippen LogP contribution is 2.33. The molecular weight excluding hydrogens is 332 g/mol. The Morgan fingerprint density at radius 1 is 1.38 bits per heavy atom. The summed E-state index contributed by atoms with van der Waals surface area (Å²) in [6, 6.07) is 7.40. The number of hydrogen-bond donors (Lipinski definition) is 1. The molecule has 0 bridgehead atoms. The predicted octanol–water partition coefficient (Wildman–Crippen LogP) is 4.03. The van der Waals surface area contributed by atoms with Crippen molar-refractivity contribution in [3.05, 3.63) is 40.1 Å². The van der Waals surface area contributed by atoms with Gasteiger partial charge in [-0.3, -0.25) is 0 Å². The molecule has 0 saturated carbocycles. The molecule has 108 valence electrons. The first kappa shape index (κ1) is 15.3. The Balaban J connectivity index is 2.30. The summed E-state index contributed by atoms with van der Waals surface area (Å²) in [5.41, 5.74) is 1.48. The molecule has 0 fully saturated rings. The zero-order valence-electron chi connectivity index (χ0n) is 11.9. The molecule has 21 heavy (non-hydrogen) atoms. The van der Waals surface area contributed by atoms with E-state index >= 15 is 0 Å². The van der Waals surface area contributed by atoms with Gasteiger partial charge in [-0.05, 0) is 47.0 Å². The fourth-order valence-corrected chi connectivity index (χ4v) is 2.10. The van der Waals surface area contributed by atoms with Crippen molar-refractivity contribution < 1.29 is 4.74 Å². The predicted molar refractivity (Wildman–Crippen MR) is 84.5 cm³/mol. The first-order valence-electron chi connectivity index (χ1n) is 6.58. The van der Waals surface area contributed by atoms with Crippen LogP contribution in [0, 0.1) is 18.3 Å². The summed E-state index contributed by atoms with van der Waals surface area (Å²) in [4.78, 5) is 8.31. The second kappa shape index (κ2) is 7.04. The van der Waals surface area contributed by atoms with Crippen molar-refractivity contribution in [3.8, 4) is 17.7 Å². The van der Waals surface area contributed by atoms with E-state index in [1.165, 1.54) is 6.33 Å². The number of nitriles is 1. The average Bonchev–Trinajstić information content (AvgIpc) is 2.50. The number of ether oxygens (including phenoxy) is 1. The molecule has 0 aliphatic carbocycles. The van der Waals surface area contributed by atoms with Crippen LogP contribution in [0.3, 0.4) is 0 Å². The summed E-state index contributed by atoms with van der Waals surface area (Å²) in [7, 11) is 0. The van der Waals surface area contributed by atoms with Crippen LogP contribution in [-0.4, -0.2) is 16.5 Å². The molecule has 1 aromatic carbocycles. The summed E-state index contributed by atoms with van der Waals surface area (Å²) in [6.45, 7) is 4.82. The van der Waals surface area contributed by atoms with Crippen molar-refractivity contribution in [2.45, 2.75) is 20.3 Å². The molecule has 0 spiro atoms. The zero-order chi connectivity index (χ0) is 15.2. The van der Waals surface area contributed by atoms with Crippen LogP contribution in [0.25, 0.3) is 0 Å². The van der Waals surface area contributed by atoms with Gasteiger partial charge in [0.1, 0.15) is 22.4 Å². The minimum absolute atomic E-state index is 0.418. The fraction of sp³-hybridized carbons (Fsp3) is 0.267. The lowest BCUT2D eigenvalue weighted by Gasteiger charge is -2.12. The maximum atomic E-state index is 8.96. The molecule has 2 aromatic rings. The third kappa shape index (κ3) is 3.70. The van der Waals surface area contributed by atoms with Gasteiger partial charge in [-0.25, -0.2) is 9.97 Å². The number of benzene rings is 1. The number of hydrogen-bond acceptors (Lipinski definition) is 5. The van der Waals surface area contributed by atoms with E-state index in [0.29, 0.717) is 27.5 Å². The van der Waals surface area contributed by atoms with E-state index in [1.807, 2.05) is 13.0 Å². The van der Waals surface area contributed by atoms with Crippen molar-refractivity contribution >= 4 is 21.7 Å². The summed E-state index contributed by atoms with van der Waals surface area (Å²) in [6.07, 6.45) is 2.44. The zero-order valence-corrected chi connectivity index (χ0v) is 13.4. The molecule has 2 rings (SSSR count). The SMILES string of the molecule is CCCNc1ncnc(Oc2cc(C#N)ccc2C)c1Br. The Hall–Kier alpha value is -2.13. The van der Waals surface area contributed by atoms with Gasteiger partial charge in [-0.2, -0.15) is 5.26 Å². The van der Waals surface area contributed by atoms with E-state index in [1.54, 1.807) is 12.1 Å². The first-order chi connectivity index (χ1) is 10.2. The molecule has 0 amide bonds. The van der Waals surface area contributed by atoms with E-state index in [9.17, 15) is 0 Å². The quantitative estimate of drug-likeness (QED) is 0.884.